The fourth-order valence-corrected chi connectivity index (χ4v) is 6.02. The van der Waals surface area contributed by atoms with Gasteiger partial charge in [-0.3, -0.25) is 0 Å². The minimum absolute atomic E-state index is 0.958. The number of fused-ring (bicyclic) bond motifs is 8. The molecule has 0 radical (unpaired) electrons. The van der Waals surface area contributed by atoms with Gasteiger partial charge in [-0.05, 0) is 122 Å². The maximum atomic E-state index is 5.16. The van der Waals surface area contributed by atoms with Crippen molar-refractivity contribution in [3.8, 4) is 0 Å². The topological polar surface area (TPSA) is 57.4 Å². The van der Waals surface area contributed by atoms with Gasteiger partial charge in [-0.15, -0.1) is 0 Å². The number of hydrogen-bond acceptors (Lipinski definition) is 2. The number of nitrogens with one attached hydrogen (secondary N) is 2. The van der Waals surface area contributed by atoms with Crippen molar-refractivity contribution in [3.63, 3.8) is 0 Å². The van der Waals surface area contributed by atoms with E-state index in [9.17, 15) is 0 Å². The lowest BCUT2D eigenvalue weighted by atomic mass is 10.0. The summed E-state index contributed by atoms with van der Waals surface area (Å²) < 4.78 is 0. The molecule has 0 unspecified atom stereocenters. The van der Waals surface area contributed by atoms with Crippen molar-refractivity contribution in [2.24, 2.45) is 0 Å². The summed E-state index contributed by atoms with van der Waals surface area (Å²) in [6.07, 6.45) is 3.86. The molecule has 0 aromatic carbocycles. The first-order chi connectivity index (χ1) is 17.3. The summed E-state index contributed by atoms with van der Waals surface area (Å²) >= 11 is 0. The van der Waals surface area contributed by atoms with Gasteiger partial charge in [0, 0.05) is 22.1 Å². The summed E-state index contributed by atoms with van der Waals surface area (Å²) in [5.41, 5.74) is 19.3. The minimum Gasteiger partial charge on any atom is -0.355 e. The predicted octanol–water partition coefficient (Wildman–Crippen LogP) is 8.74. The van der Waals surface area contributed by atoms with Crippen LogP contribution in [0.15, 0.2) is 24.3 Å². The molecule has 8 bridgehead atoms. The number of H-pyrrole nitrogens is 2. The third kappa shape index (κ3) is 3.75. The predicted molar refractivity (Wildman–Crippen MR) is 155 cm³/mol. The van der Waals surface area contributed by atoms with E-state index in [1.165, 1.54) is 44.5 Å². The summed E-state index contributed by atoms with van der Waals surface area (Å²) in [4.78, 5) is 17.7. The van der Waals surface area contributed by atoms with Gasteiger partial charge >= 0.3 is 0 Å². The van der Waals surface area contributed by atoms with Crippen molar-refractivity contribution in [3.05, 3.63) is 69.3 Å². The lowest BCUT2D eigenvalue weighted by Crippen LogP contribution is -1.83. The molecule has 2 aliphatic heterocycles. The fourth-order valence-electron chi connectivity index (χ4n) is 6.02. The molecule has 5 rings (SSSR count). The standard InChI is InChI=1S/C32H38N4/c1-9-21-17(5)25-13-26-18(6)22(10-2)30(34-26)15-28-20(8)24(12-4)32(36-28)16-31-23(11-3)19(7)27(35-31)14-29(21)33-25/h13-16,33,36H,9-12H2,1-8H3. The minimum atomic E-state index is 0.958. The van der Waals surface area contributed by atoms with Crippen LogP contribution in [0.2, 0.25) is 0 Å². The average Bonchev–Trinajstić information content (AvgIpc) is 3.51. The highest BCUT2D eigenvalue weighted by molar-refractivity contribution is 5.94. The summed E-state index contributed by atoms with van der Waals surface area (Å²) in [6.45, 7) is 17.8. The van der Waals surface area contributed by atoms with Crippen molar-refractivity contribution >= 4 is 44.4 Å². The Kier molecular flexibility index (Phi) is 6.23. The van der Waals surface area contributed by atoms with Gasteiger partial charge in [0.15, 0.2) is 0 Å². The highest BCUT2D eigenvalue weighted by Gasteiger charge is 2.19. The van der Waals surface area contributed by atoms with E-state index in [-0.39, 0.29) is 0 Å². The highest BCUT2D eigenvalue weighted by Crippen LogP contribution is 2.36. The van der Waals surface area contributed by atoms with Gasteiger partial charge < -0.3 is 9.97 Å². The third-order valence-electron chi connectivity index (χ3n) is 8.21. The molecule has 0 aliphatic carbocycles. The molecule has 2 N–H and O–H groups in total. The normalized spacial score (nSPS) is 13.8. The number of aromatic amines is 2. The lowest BCUT2D eigenvalue weighted by molar-refractivity contribution is 1.14. The second-order valence-electron chi connectivity index (χ2n) is 10.1. The molecule has 0 amide bonds. The largest absolute Gasteiger partial charge is 0.355 e. The summed E-state index contributed by atoms with van der Waals surface area (Å²) in [7, 11) is 0. The number of hydrogen-bond donors (Lipinski definition) is 2. The van der Waals surface area contributed by atoms with Crippen LogP contribution in [-0.2, 0) is 12.8 Å². The van der Waals surface area contributed by atoms with Crippen molar-refractivity contribution < 1.29 is 0 Å². The molecule has 3 aromatic heterocycles. The van der Waals surface area contributed by atoms with Crippen LogP contribution in [0.3, 0.4) is 0 Å². The van der Waals surface area contributed by atoms with E-state index in [1.54, 1.807) is 0 Å². The van der Waals surface area contributed by atoms with Gasteiger partial charge in [-0.25, -0.2) is 9.97 Å². The number of aryl methyl sites for hydroxylation is 4. The van der Waals surface area contributed by atoms with E-state index in [0.29, 0.717) is 0 Å². The molecule has 186 valence electrons. The summed E-state index contributed by atoms with van der Waals surface area (Å²) in [5.74, 6) is 0. The van der Waals surface area contributed by atoms with E-state index in [1.807, 2.05) is 0 Å². The number of aromatic nitrogens is 4. The van der Waals surface area contributed by atoms with E-state index >= 15 is 0 Å². The van der Waals surface area contributed by atoms with Crippen LogP contribution >= 0.6 is 0 Å². The second kappa shape index (κ2) is 9.24. The lowest BCUT2D eigenvalue weighted by Gasteiger charge is -2.00. The van der Waals surface area contributed by atoms with E-state index in [2.05, 4.69) is 89.6 Å². The molecule has 0 saturated carbocycles. The first-order valence-electron chi connectivity index (χ1n) is 13.4. The molecule has 2 aliphatic rings. The zero-order valence-electron chi connectivity index (χ0n) is 23.0. The van der Waals surface area contributed by atoms with Gasteiger partial charge in [0.25, 0.3) is 0 Å². The zero-order chi connectivity index (χ0) is 25.7. The molecule has 5 heterocycles. The molecule has 4 nitrogen and oxygen atoms in total. The van der Waals surface area contributed by atoms with Crippen LogP contribution in [0.25, 0.3) is 44.4 Å². The highest BCUT2D eigenvalue weighted by atomic mass is 14.8. The first-order valence-corrected chi connectivity index (χ1v) is 13.4. The molecular formula is C32H38N4. The maximum Gasteiger partial charge on any atom is 0.0693 e. The molecule has 0 saturated heterocycles. The quantitative estimate of drug-likeness (QED) is 0.394. The Bertz CT molecular complexity index is 1600. The van der Waals surface area contributed by atoms with Crippen LogP contribution in [0.5, 0.6) is 0 Å². The van der Waals surface area contributed by atoms with Crippen LogP contribution in [0, 0.1) is 13.8 Å². The Labute approximate surface area is 214 Å². The van der Waals surface area contributed by atoms with Crippen LogP contribution in [0.1, 0.15) is 99.4 Å². The SMILES string of the molecule is CCC1=C(C)c2cc3[nH]c(cc4nc(cc5[nH]c(cc1n2)c(C)c5CC)C(CC)=C4C)c(CC)c3C. The average molecular weight is 479 g/mol. The Morgan fingerprint density at radius 2 is 0.861 bits per heavy atom. The fraction of sp³-hybridized carbons (Fsp3) is 0.375. The number of nitrogens with zero attached hydrogens (tertiary/aromatic N) is 2. The van der Waals surface area contributed by atoms with E-state index < -0.39 is 0 Å². The molecule has 3 aromatic rings. The van der Waals surface area contributed by atoms with Crippen molar-refractivity contribution in [2.75, 3.05) is 0 Å². The van der Waals surface area contributed by atoms with Crippen molar-refractivity contribution in [2.45, 2.75) is 81.1 Å². The Morgan fingerprint density at radius 1 is 0.500 bits per heavy atom. The maximum absolute atomic E-state index is 5.16. The van der Waals surface area contributed by atoms with Gasteiger partial charge in [0.05, 0.1) is 22.8 Å². The third-order valence-corrected chi connectivity index (χ3v) is 8.21. The van der Waals surface area contributed by atoms with E-state index in [4.69, 9.17) is 9.97 Å². The summed E-state index contributed by atoms with van der Waals surface area (Å²) in [5, 5.41) is 0. The summed E-state index contributed by atoms with van der Waals surface area (Å²) in [6, 6.07) is 8.98. The molecule has 0 atom stereocenters. The molecule has 0 fully saturated rings. The van der Waals surface area contributed by atoms with Crippen LogP contribution in [-0.4, -0.2) is 19.9 Å². The first kappa shape index (κ1) is 24.3. The van der Waals surface area contributed by atoms with Gasteiger partial charge in [-0.2, -0.15) is 0 Å². The Morgan fingerprint density at radius 3 is 1.25 bits per heavy atom. The van der Waals surface area contributed by atoms with Crippen molar-refractivity contribution in [1.82, 2.24) is 19.9 Å². The molecular weight excluding hydrogens is 440 g/mol. The number of rotatable bonds is 4. The van der Waals surface area contributed by atoms with Crippen LogP contribution < -0.4 is 0 Å². The zero-order valence-corrected chi connectivity index (χ0v) is 23.0. The number of allylic oxidation sites excluding steroid dienone is 4. The van der Waals surface area contributed by atoms with Crippen molar-refractivity contribution in [1.29, 1.82) is 0 Å². The monoisotopic (exact) mass is 478 g/mol. The van der Waals surface area contributed by atoms with Crippen LogP contribution in [0.4, 0.5) is 0 Å². The Balaban J connectivity index is 2.00. The van der Waals surface area contributed by atoms with Gasteiger partial charge in [0.1, 0.15) is 0 Å². The van der Waals surface area contributed by atoms with Gasteiger partial charge in [-0.1, -0.05) is 27.7 Å². The second-order valence-corrected chi connectivity index (χ2v) is 10.1. The molecule has 36 heavy (non-hydrogen) atoms. The Hall–Kier alpha value is -3.40. The molecule has 4 heteroatoms. The van der Waals surface area contributed by atoms with Gasteiger partial charge in [0.2, 0.25) is 0 Å². The smallest absolute Gasteiger partial charge is 0.0693 e. The van der Waals surface area contributed by atoms with E-state index in [0.717, 1.165) is 70.5 Å². The molecule has 0 spiro atoms.